The zero-order chi connectivity index (χ0) is 16.9. The summed E-state index contributed by atoms with van der Waals surface area (Å²) >= 11 is 3.41. The van der Waals surface area contributed by atoms with E-state index in [9.17, 15) is 8.42 Å². The Morgan fingerprint density at radius 2 is 2.29 bits per heavy atom. The van der Waals surface area contributed by atoms with E-state index >= 15 is 0 Å². The van der Waals surface area contributed by atoms with E-state index in [2.05, 4.69) is 15.3 Å². The number of aliphatic imine (C=N–C) groups is 1. The monoisotopic (exact) mass is 504 g/mol. The van der Waals surface area contributed by atoms with Gasteiger partial charge >= 0.3 is 0 Å². The summed E-state index contributed by atoms with van der Waals surface area (Å²) in [6, 6.07) is 0. The molecule has 1 fully saturated rings. The Kier molecular flexibility index (Phi) is 8.77. The van der Waals surface area contributed by atoms with Crippen molar-refractivity contribution in [2.75, 3.05) is 38.2 Å². The van der Waals surface area contributed by atoms with Crippen molar-refractivity contribution in [3.63, 3.8) is 0 Å². The van der Waals surface area contributed by atoms with Crippen LogP contribution in [0, 0.1) is 0 Å². The molecule has 1 saturated heterocycles. The van der Waals surface area contributed by atoms with Crippen molar-refractivity contribution >= 4 is 62.9 Å². The van der Waals surface area contributed by atoms with E-state index in [1.54, 1.807) is 44.0 Å². The molecule has 0 spiro atoms. The maximum absolute atomic E-state index is 12.1. The molecule has 0 saturated carbocycles. The van der Waals surface area contributed by atoms with Crippen LogP contribution in [-0.2, 0) is 9.84 Å². The van der Waals surface area contributed by atoms with E-state index in [4.69, 9.17) is 0 Å². The van der Waals surface area contributed by atoms with Crippen molar-refractivity contribution in [3.05, 3.63) is 11.6 Å². The highest BCUT2D eigenvalue weighted by Crippen LogP contribution is 2.24. The van der Waals surface area contributed by atoms with E-state index in [0.29, 0.717) is 13.1 Å². The summed E-state index contributed by atoms with van der Waals surface area (Å²) in [5.41, 5.74) is 0. The first-order chi connectivity index (χ1) is 10.9. The van der Waals surface area contributed by atoms with E-state index in [-0.39, 0.29) is 29.7 Å². The normalized spacial score (nSPS) is 19.6. The van der Waals surface area contributed by atoms with Gasteiger partial charge in [-0.1, -0.05) is 11.8 Å². The van der Waals surface area contributed by atoms with Crippen molar-refractivity contribution in [1.82, 2.24) is 15.2 Å². The van der Waals surface area contributed by atoms with Gasteiger partial charge < -0.3 is 10.2 Å². The molecule has 1 aromatic heterocycles. The number of sulfone groups is 1. The van der Waals surface area contributed by atoms with Gasteiger partial charge in [0.1, 0.15) is 4.34 Å². The van der Waals surface area contributed by atoms with Gasteiger partial charge in [0.2, 0.25) is 0 Å². The van der Waals surface area contributed by atoms with Crippen LogP contribution >= 0.6 is 47.1 Å². The average Bonchev–Trinajstić information content (AvgIpc) is 2.99. The Bertz CT molecular complexity index is 632. The summed E-state index contributed by atoms with van der Waals surface area (Å²) in [7, 11) is -1.28. The van der Waals surface area contributed by atoms with E-state index in [1.165, 1.54) is 0 Å². The van der Waals surface area contributed by atoms with Crippen LogP contribution in [-0.4, -0.2) is 67.2 Å². The molecule has 6 nitrogen and oxygen atoms in total. The lowest BCUT2D eigenvalue weighted by Gasteiger charge is -2.39. The fraction of sp³-hybridized carbons (Fsp3) is 0.714. The Hall–Kier alpha value is -0.0700. The molecule has 10 heteroatoms. The molecule has 0 radical (unpaired) electrons. The van der Waals surface area contributed by atoms with Crippen molar-refractivity contribution < 1.29 is 8.42 Å². The van der Waals surface area contributed by atoms with Gasteiger partial charge in [-0.25, -0.2) is 13.4 Å². The third-order valence-electron chi connectivity index (χ3n) is 3.79. The minimum Gasteiger partial charge on any atom is -0.356 e. The Morgan fingerprint density at radius 1 is 1.54 bits per heavy atom. The lowest BCUT2D eigenvalue weighted by atomic mass is 10.2. The summed E-state index contributed by atoms with van der Waals surface area (Å²) in [5, 5.41) is 5.32. The van der Waals surface area contributed by atoms with Gasteiger partial charge in [-0.2, -0.15) is 0 Å². The van der Waals surface area contributed by atoms with E-state index in [0.717, 1.165) is 29.0 Å². The maximum Gasteiger partial charge on any atom is 0.193 e. The highest BCUT2D eigenvalue weighted by molar-refractivity contribution is 14.0. The van der Waals surface area contributed by atoms with Crippen molar-refractivity contribution in [2.24, 2.45) is 4.99 Å². The van der Waals surface area contributed by atoms with Gasteiger partial charge in [-0.3, -0.25) is 4.99 Å². The second-order valence-corrected chi connectivity index (χ2v) is 11.0. The molecule has 2 rings (SSSR count). The minimum atomic E-state index is -3.02. The number of halogens is 1. The maximum atomic E-state index is 12.1. The molecule has 1 aliphatic rings. The van der Waals surface area contributed by atoms with Crippen molar-refractivity contribution in [3.8, 4) is 0 Å². The smallest absolute Gasteiger partial charge is 0.193 e. The lowest BCUT2D eigenvalue weighted by molar-refractivity contribution is 0.353. The number of thioether (sulfide) groups is 1. The Labute approximate surface area is 169 Å². The first-order valence-electron chi connectivity index (χ1n) is 7.56. The molecule has 0 aromatic carbocycles. The second-order valence-electron chi connectivity index (χ2n) is 5.97. The van der Waals surface area contributed by atoms with Crippen LogP contribution in [0.2, 0.25) is 0 Å². The fourth-order valence-electron chi connectivity index (χ4n) is 2.37. The number of aromatic nitrogens is 1. The number of nitrogens with zero attached hydrogens (tertiary/aromatic N) is 3. The molecule has 1 aromatic rings. The second kappa shape index (κ2) is 9.58. The van der Waals surface area contributed by atoms with Crippen molar-refractivity contribution in [2.45, 2.75) is 29.4 Å². The van der Waals surface area contributed by atoms with Gasteiger partial charge in [-0.15, -0.1) is 35.3 Å². The summed E-state index contributed by atoms with van der Waals surface area (Å²) in [5.74, 6) is 1.96. The highest BCUT2D eigenvalue weighted by atomic mass is 127. The van der Waals surface area contributed by atoms with Crippen molar-refractivity contribution in [1.29, 1.82) is 0 Å². The predicted molar refractivity (Wildman–Crippen MR) is 114 cm³/mol. The molecule has 0 aliphatic carbocycles. The minimum absolute atomic E-state index is 0. The van der Waals surface area contributed by atoms with Gasteiger partial charge in [0, 0.05) is 44.0 Å². The third-order valence-corrected chi connectivity index (χ3v) is 8.38. The van der Waals surface area contributed by atoms with Crippen LogP contribution in [0.15, 0.2) is 20.9 Å². The molecule has 1 aliphatic heterocycles. The summed E-state index contributed by atoms with van der Waals surface area (Å²) in [6.45, 7) is 5.36. The highest BCUT2D eigenvalue weighted by Gasteiger charge is 2.40. The van der Waals surface area contributed by atoms with Gasteiger partial charge in [0.05, 0.1) is 10.5 Å². The molecule has 0 bridgehead atoms. The zero-order valence-electron chi connectivity index (χ0n) is 14.2. The number of nitrogens with one attached hydrogen (secondary N) is 1. The molecule has 24 heavy (non-hydrogen) atoms. The molecule has 0 atom stereocenters. The number of hydrogen-bond acceptors (Lipinski definition) is 6. The standard InChI is InChI=1S/C14H24N4O2S3.HI/c1-14(2)11-18(7-10-23(14,19)20)12(15-3)16-5-4-8-21-13-17-6-9-22-13;/h6,9H,4-5,7-8,10-11H2,1-3H3,(H,15,16);1H. The topological polar surface area (TPSA) is 74.7 Å². The first kappa shape index (κ1) is 22.0. The molecule has 1 N–H and O–H groups in total. The molecule has 2 heterocycles. The molecule has 0 amide bonds. The lowest BCUT2D eigenvalue weighted by Crippen LogP contribution is -2.57. The zero-order valence-corrected chi connectivity index (χ0v) is 19.0. The first-order valence-corrected chi connectivity index (χ1v) is 11.1. The van der Waals surface area contributed by atoms with Crippen LogP contribution < -0.4 is 5.32 Å². The van der Waals surface area contributed by atoms with E-state index in [1.807, 2.05) is 16.5 Å². The summed E-state index contributed by atoms with van der Waals surface area (Å²) < 4.78 is 24.5. The van der Waals surface area contributed by atoms with Gasteiger partial charge in [0.15, 0.2) is 15.8 Å². The third kappa shape index (κ3) is 5.73. The molecular formula is C14H25IN4O2S3. The van der Waals surface area contributed by atoms with Crippen LogP contribution in [0.25, 0.3) is 0 Å². The fourth-order valence-corrected chi connectivity index (χ4v) is 5.38. The number of rotatable bonds is 5. The quantitative estimate of drug-likeness (QED) is 0.218. The Morgan fingerprint density at radius 3 is 2.88 bits per heavy atom. The van der Waals surface area contributed by atoms with Gasteiger partial charge in [-0.05, 0) is 20.3 Å². The number of guanidine groups is 1. The molecule has 138 valence electrons. The van der Waals surface area contributed by atoms with Crippen LogP contribution in [0.4, 0.5) is 0 Å². The molecule has 0 unspecified atom stereocenters. The summed E-state index contributed by atoms with van der Waals surface area (Å²) in [6.07, 6.45) is 2.82. The summed E-state index contributed by atoms with van der Waals surface area (Å²) in [4.78, 5) is 10.6. The predicted octanol–water partition coefficient (Wildman–Crippen LogP) is 2.33. The average molecular weight is 504 g/mol. The largest absolute Gasteiger partial charge is 0.356 e. The van der Waals surface area contributed by atoms with Crippen LogP contribution in [0.1, 0.15) is 20.3 Å². The number of hydrogen-bond donors (Lipinski definition) is 1. The van der Waals surface area contributed by atoms with Crippen LogP contribution in [0.3, 0.4) is 0 Å². The molecular weight excluding hydrogens is 479 g/mol. The van der Waals surface area contributed by atoms with Gasteiger partial charge in [0.25, 0.3) is 0 Å². The SMILES string of the molecule is CN=C(NCCCSc1nccs1)N1CCS(=O)(=O)C(C)(C)C1.I. The van der Waals surface area contributed by atoms with E-state index < -0.39 is 14.6 Å². The number of thiazole rings is 1. The van der Waals surface area contributed by atoms with Crippen LogP contribution in [0.5, 0.6) is 0 Å². The Balaban J connectivity index is 0.00000288.